The topological polar surface area (TPSA) is 66.7 Å². The first-order chi connectivity index (χ1) is 15.6. The van der Waals surface area contributed by atoms with E-state index in [0.717, 1.165) is 38.6 Å². The van der Waals surface area contributed by atoms with Gasteiger partial charge in [0.15, 0.2) is 0 Å². The summed E-state index contributed by atoms with van der Waals surface area (Å²) in [4.78, 5) is 33.1. The van der Waals surface area contributed by atoms with Gasteiger partial charge in [-0.2, -0.15) is 0 Å². The molecule has 0 saturated carbocycles. The van der Waals surface area contributed by atoms with E-state index in [-0.39, 0.29) is 11.5 Å². The normalized spacial score (nSPS) is 15.3. The third-order valence-electron chi connectivity index (χ3n) is 5.48. The molecule has 0 atom stereocenters. The van der Waals surface area contributed by atoms with E-state index in [2.05, 4.69) is 24.1 Å². The number of hydrogen-bond donors (Lipinski definition) is 1. The van der Waals surface area contributed by atoms with E-state index >= 15 is 0 Å². The average Bonchev–Trinajstić information content (AvgIpc) is 3.06. The fourth-order valence-corrected chi connectivity index (χ4v) is 4.94. The van der Waals surface area contributed by atoms with Crippen LogP contribution in [0, 0.1) is 0 Å². The van der Waals surface area contributed by atoms with Gasteiger partial charge in [0.25, 0.3) is 11.5 Å². The molecule has 8 heteroatoms. The van der Waals surface area contributed by atoms with Gasteiger partial charge in [0, 0.05) is 19.3 Å². The Morgan fingerprint density at radius 3 is 2.59 bits per heavy atom. The van der Waals surface area contributed by atoms with Crippen LogP contribution in [0.1, 0.15) is 70.8 Å². The largest absolute Gasteiger partial charge is 0.369 e. The van der Waals surface area contributed by atoms with Crippen LogP contribution >= 0.6 is 24.0 Å². The van der Waals surface area contributed by atoms with Gasteiger partial charge in [-0.15, -0.1) is 0 Å². The predicted octanol–water partition coefficient (Wildman–Crippen LogP) is 5.47. The summed E-state index contributed by atoms with van der Waals surface area (Å²) in [5.41, 5.74) is 0.777. The third kappa shape index (κ3) is 5.98. The Bertz CT molecular complexity index is 1050. The number of carbonyl (C=O) groups is 1. The molecule has 1 saturated heterocycles. The second-order valence-electron chi connectivity index (χ2n) is 7.99. The van der Waals surface area contributed by atoms with Gasteiger partial charge in [0.1, 0.15) is 15.8 Å². The number of aromatic nitrogens is 2. The number of anilines is 1. The van der Waals surface area contributed by atoms with Crippen molar-refractivity contribution in [3.05, 3.63) is 45.2 Å². The summed E-state index contributed by atoms with van der Waals surface area (Å²) >= 11 is 6.73. The molecule has 1 fully saturated rings. The predicted molar refractivity (Wildman–Crippen MR) is 138 cm³/mol. The zero-order chi connectivity index (χ0) is 22.9. The number of carbonyl (C=O) groups excluding carboxylic acids is 1. The Morgan fingerprint density at radius 1 is 1.06 bits per heavy atom. The maximum absolute atomic E-state index is 13.2. The summed E-state index contributed by atoms with van der Waals surface area (Å²) in [6, 6.07) is 5.46. The zero-order valence-electron chi connectivity index (χ0n) is 18.9. The number of nitrogens with one attached hydrogen (secondary N) is 1. The molecule has 2 aromatic heterocycles. The van der Waals surface area contributed by atoms with Crippen molar-refractivity contribution in [1.29, 1.82) is 0 Å². The number of pyridine rings is 1. The molecule has 0 aromatic carbocycles. The van der Waals surface area contributed by atoms with Gasteiger partial charge < -0.3 is 5.32 Å². The molecule has 172 valence electrons. The second-order valence-corrected chi connectivity index (χ2v) is 9.67. The van der Waals surface area contributed by atoms with E-state index in [1.165, 1.54) is 35.4 Å². The summed E-state index contributed by atoms with van der Waals surface area (Å²) in [7, 11) is 0. The van der Waals surface area contributed by atoms with E-state index < -0.39 is 0 Å². The lowest BCUT2D eigenvalue weighted by Crippen LogP contribution is -2.29. The number of nitrogens with zero attached hydrogens (tertiary/aromatic N) is 3. The molecule has 0 aliphatic carbocycles. The van der Waals surface area contributed by atoms with Crippen molar-refractivity contribution in [3.8, 4) is 0 Å². The van der Waals surface area contributed by atoms with Crippen molar-refractivity contribution in [2.24, 2.45) is 0 Å². The molecule has 1 N–H and O–H groups in total. The minimum Gasteiger partial charge on any atom is -0.369 e. The standard InChI is InChI=1S/C24H32N4O2S2/c1-3-5-7-8-11-16-28-23(30)19(32-24(28)31)17-18-21(25-14-10-6-4-2)26-20-13-9-12-15-27(20)22(18)29/h9,12-13,15,17,25H,3-8,10-11,14,16H2,1-2H3/b19-17+. The van der Waals surface area contributed by atoms with Crippen LogP contribution in [0.15, 0.2) is 34.1 Å². The Hall–Kier alpha value is -2.19. The Kier molecular flexibility index (Phi) is 9.29. The molecule has 3 heterocycles. The molecule has 3 rings (SSSR count). The lowest BCUT2D eigenvalue weighted by atomic mass is 10.1. The molecule has 1 amide bonds. The van der Waals surface area contributed by atoms with Crippen LogP contribution in [-0.4, -0.2) is 37.6 Å². The highest BCUT2D eigenvalue weighted by Gasteiger charge is 2.32. The third-order valence-corrected chi connectivity index (χ3v) is 6.85. The van der Waals surface area contributed by atoms with Gasteiger partial charge in [-0.1, -0.05) is 82.4 Å². The summed E-state index contributed by atoms with van der Waals surface area (Å²) < 4.78 is 2.07. The molecule has 1 aliphatic heterocycles. The van der Waals surface area contributed by atoms with Crippen molar-refractivity contribution >= 4 is 51.7 Å². The minimum atomic E-state index is -0.196. The van der Waals surface area contributed by atoms with Crippen molar-refractivity contribution in [2.75, 3.05) is 18.4 Å². The first-order valence-corrected chi connectivity index (χ1v) is 12.8. The van der Waals surface area contributed by atoms with Crippen molar-refractivity contribution in [2.45, 2.75) is 65.2 Å². The average molecular weight is 473 g/mol. The number of fused-ring (bicyclic) bond motifs is 1. The molecule has 0 unspecified atom stereocenters. The number of thioether (sulfide) groups is 1. The van der Waals surface area contributed by atoms with Crippen LogP contribution in [-0.2, 0) is 4.79 Å². The van der Waals surface area contributed by atoms with Gasteiger partial charge >= 0.3 is 0 Å². The van der Waals surface area contributed by atoms with Gasteiger partial charge in [-0.3, -0.25) is 18.9 Å². The molecule has 2 aromatic rings. The first-order valence-electron chi connectivity index (χ1n) is 11.6. The smallest absolute Gasteiger partial charge is 0.267 e. The van der Waals surface area contributed by atoms with E-state index in [9.17, 15) is 9.59 Å². The fourth-order valence-electron chi connectivity index (χ4n) is 3.65. The number of thiocarbonyl (C=S) groups is 1. The molecule has 6 nitrogen and oxygen atoms in total. The van der Waals surface area contributed by atoms with Gasteiger partial charge in [0.2, 0.25) is 0 Å². The number of rotatable bonds is 12. The molecule has 32 heavy (non-hydrogen) atoms. The van der Waals surface area contributed by atoms with Crippen molar-refractivity contribution in [1.82, 2.24) is 14.3 Å². The van der Waals surface area contributed by atoms with Crippen LogP contribution in [0.3, 0.4) is 0 Å². The molecule has 0 spiro atoms. The molecular formula is C24H32N4O2S2. The maximum atomic E-state index is 13.2. The minimum absolute atomic E-state index is 0.120. The summed E-state index contributed by atoms with van der Waals surface area (Å²) in [6.45, 7) is 5.69. The lowest BCUT2D eigenvalue weighted by molar-refractivity contribution is -0.122. The maximum Gasteiger partial charge on any atom is 0.267 e. The Balaban J connectivity index is 1.85. The lowest BCUT2D eigenvalue weighted by Gasteiger charge is -2.14. The van der Waals surface area contributed by atoms with Crippen LogP contribution < -0.4 is 10.9 Å². The van der Waals surface area contributed by atoms with Gasteiger partial charge in [-0.25, -0.2) is 4.98 Å². The second kappa shape index (κ2) is 12.2. The Labute approximate surface area is 199 Å². The highest BCUT2D eigenvalue weighted by molar-refractivity contribution is 8.26. The van der Waals surface area contributed by atoms with Crippen LogP contribution in [0.25, 0.3) is 11.7 Å². The highest BCUT2D eigenvalue weighted by atomic mass is 32.2. The van der Waals surface area contributed by atoms with Crippen LogP contribution in [0.2, 0.25) is 0 Å². The SMILES string of the molecule is CCCCCCCN1C(=O)/C(=C\c2c(NCCCCC)nc3ccccn3c2=O)SC1=S. The van der Waals surface area contributed by atoms with Gasteiger partial charge in [0.05, 0.1) is 10.5 Å². The highest BCUT2D eigenvalue weighted by Crippen LogP contribution is 2.33. The van der Waals surface area contributed by atoms with E-state index in [1.807, 2.05) is 6.07 Å². The van der Waals surface area contributed by atoms with E-state index in [4.69, 9.17) is 12.2 Å². The van der Waals surface area contributed by atoms with E-state index in [1.54, 1.807) is 29.3 Å². The van der Waals surface area contributed by atoms with Crippen LogP contribution in [0.4, 0.5) is 5.82 Å². The summed E-state index contributed by atoms with van der Waals surface area (Å²) in [5, 5.41) is 3.31. The number of unbranched alkanes of at least 4 members (excludes halogenated alkanes) is 6. The van der Waals surface area contributed by atoms with Crippen molar-refractivity contribution < 1.29 is 4.79 Å². The monoisotopic (exact) mass is 472 g/mol. The molecule has 0 bridgehead atoms. The number of amides is 1. The Morgan fingerprint density at radius 2 is 1.81 bits per heavy atom. The molecular weight excluding hydrogens is 440 g/mol. The van der Waals surface area contributed by atoms with Crippen molar-refractivity contribution in [3.63, 3.8) is 0 Å². The molecule has 1 aliphatic rings. The quantitative estimate of drug-likeness (QED) is 0.251. The molecule has 0 radical (unpaired) electrons. The summed E-state index contributed by atoms with van der Waals surface area (Å²) in [5.74, 6) is 0.395. The fraction of sp³-hybridized carbons (Fsp3) is 0.500. The van der Waals surface area contributed by atoms with E-state index in [0.29, 0.717) is 32.8 Å². The van der Waals surface area contributed by atoms with Crippen LogP contribution in [0.5, 0.6) is 0 Å². The van der Waals surface area contributed by atoms with Gasteiger partial charge in [-0.05, 0) is 31.1 Å². The first kappa shape index (κ1) is 24.5. The number of hydrogen-bond acceptors (Lipinski definition) is 6. The summed E-state index contributed by atoms with van der Waals surface area (Å²) in [6.07, 6.45) is 12.2. The zero-order valence-corrected chi connectivity index (χ0v) is 20.6.